The molecule has 0 spiro atoms. The Hall–Kier alpha value is -1.40. The summed E-state index contributed by atoms with van der Waals surface area (Å²) in [6.07, 6.45) is 0. The first kappa shape index (κ1) is 13.7. The zero-order valence-corrected chi connectivity index (χ0v) is 10.1. The minimum absolute atomic E-state index is 0.0819. The van der Waals surface area contributed by atoms with Crippen molar-refractivity contribution < 1.29 is 14.4 Å². The maximum Gasteiger partial charge on any atom is 0.294 e. The molecule has 0 bridgehead atoms. The molecule has 1 N–H and O–H groups in total. The van der Waals surface area contributed by atoms with Crippen LogP contribution in [-0.2, 0) is 0 Å². The summed E-state index contributed by atoms with van der Waals surface area (Å²) in [5, 5.41) is 19.5. The van der Waals surface area contributed by atoms with Gasteiger partial charge in [0.1, 0.15) is 11.5 Å². The van der Waals surface area contributed by atoms with Crippen LogP contribution in [0.3, 0.4) is 0 Å². The molecule has 1 rings (SSSR count). The SMILES string of the molecule is CC(CO)N(C)c1cc(F)c(Cl)cc1[N+](=O)[O-]. The standard InChI is InChI=1S/C10H12ClFN2O3/c1-6(5-15)13(2)9-4-8(12)7(11)3-10(9)14(16)17/h3-4,6,15H,5H2,1-2H3. The molecule has 0 aromatic heterocycles. The summed E-state index contributed by atoms with van der Waals surface area (Å²) in [5.74, 6) is -0.732. The second kappa shape index (κ2) is 5.29. The summed E-state index contributed by atoms with van der Waals surface area (Å²) in [6.45, 7) is 1.47. The number of likely N-dealkylation sites (N-methyl/N-ethyl adjacent to an activating group) is 1. The minimum atomic E-state index is -0.732. The van der Waals surface area contributed by atoms with Crippen molar-refractivity contribution >= 4 is 23.0 Å². The summed E-state index contributed by atoms with van der Waals surface area (Å²) < 4.78 is 13.3. The molecule has 1 aromatic carbocycles. The van der Waals surface area contributed by atoms with E-state index in [0.717, 1.165) is 12.1 Å². The molecule has 0 amide bonds. The number of hydrogen-bond acceptors (Lipinski definition) is 4. The molecular weight excluding hydrogens is 251 g/mol. The lowest BCUT2D eigenvalue weighted by Gasteiger charge is -2.25. The largest absolute Gasteiger partial charge is 0.394 e. The van der Waals surface area contributed by atoms with E-state index in [2.05, 4.69) is 0 Å². The van der Waals surface area contributed by atoms with E-state index in [1.165, 1.54) is 11.9 Å². The van der Waals surface area contributed by atoms with E-state index in [1.54, 1.807) is 6.92 Å². The van der Waals surface area contributed by atoms with Crippen molar-refractivity contribution in [3.63, 3.8) is 0 Å². The fraction of sp³-hybridized carbons (Fsp3) is 0.400. The quantitative estimate of drug-likeness (QED) is 0.667. The van der Waals surface area contributed by atoms with E-state index in [9.17, 15) is 14.5 Å². The minimum Gasteiger partial charge on any atom is -0.394 e. The molecule has 0 heterocycles. The zero-order chi connectivity index (χ0) is 13.2. The summed E-state index contributed by atoms with van der Waals surface area (Å²) in [7, 11) is 1.54. The fourth-order valence-electron chi connectivity index (χ4n) is 1.31. The molecule has 0 saturated heterocycles. The molecule has 0 radical (unpaired) electrons. The number of halogens is 2. The van der Waals surface area contributed by atoms with Gasteiger partial charge in [-0.25, -0.2) is 4.39 Å². The van der Waals surface area contributed by atoms with E-state index in [4.69, 9.17) is 16.7 Å². The van der Waals surface area contributed by atoms with Crippen LogP contribution < -0.4 is 4.90 Å². The third-order valence-corrected chi connectivity index (χ3v) is 2.81. The van der Waals surface area contributed by atoms with Gasteiger partial charge >= 0.3 is 0 Å². The maximum atomic E-state index is 13.3. The van der Waals surface area contributed by atoms with Crippen molar-refractivity contribution in [2.45, 2.75) is 13.0 Å². The van der Waals surface area contributed by atoms with Gasteiger partial charge in [-0.15, -0.1) is 0 Å². The molecule has 17 heavy (non-hydrogen) atoms. The Morgan fingerprint density at radius 1 is 1.65 bits per heavy atom. The van der Waals surface area contributed by atoms with Crippen molar-refractivity contribution in [2.24, 2.45) is 0 Å². The molecule has 7 heteroatoms. The van der Waals surface area contributed by atoms with Crippen molar-refractivity contribution in [3.8, 4) is 0 Å². The topological polar surface area (TPSA) is 66.6 Å². The van der Waals surface area contributed by atoms with Crippen molar-refractivity contribution in [1.82, 2.24) is 0 Å². The number of benzene rings is 1. The van der Waals surface area contributed by atoms with Gasteiger partial charge in [0, 0.05) is 25.2 Å². The van der Waals surface area contributed by atoms with E-state index >= 15 is 0 Å². The zero-order valence-electron chi connectivity index (χ0n) is 9.35. The molecule has 0 saturated carbocycles. The van der Waals surface area contributed by atoms with Crippen molar-refractivity contribution in [3.05, 3.63) is 33.1 Å². The number of nitro benzene ring substituents is 1. The molecule has 1 unspecified atom stereocenters. The molecule has 1 aromatic rings. The van der Waals surface area contributed by atoms with Gasteiger partial charge in [-0.05, 0) is 6.92 Å². The molecule has 5 nitrogen and oxygen atoms in total. The highest BCUT2D eigenvalue weighted by Gasteiger charge is 2.22. The lowest BCUT2D eigenvalue weighted by molar-refractivity contribution is -0.384. The van der Waals surface area contributed by atoms with E-state index in [0.29, 0.717) is 0 Å². The van der Waals surface area contributed by atoms with Crippen LogP contribution in [0.4, 0.5) is 15.8 Å². The second-order valence-electron chi connectivity index (χ2n) is 3.65. The van der Waals surface area contributed by atoms with Gasteiger partial charge in [0.25, 0.3) is 5.69 Å². The Kier molecular flexibility index (Phi) is 4.25. The summed E-state index contributed by atoms with van der Waals surface area (Å²) in [4.78, 5) is 11.6. The number of rotatable bonds is 4. The van der Waals surface area contributed by atoms with Gasteiger partial charge in [-0.3, -0.25) is 10.1 Å². The number of anilines is 1. The maximum absolute atomic E-state index is 13.3. The predicted octanol–water partition coefficient (Wildman–Crippen LogP) is 2.20. The van der Waals surface area contributed by atoms with Gasteiger partial charge in [-0.2, -0.15) is 0 Å². The molecule has 0 aliphatic heterocycles. The third kappa shape index (κ3) is 2.83. The van der Waals surface area contributed by atoms with Crippen LogP contribution in [0.5, 0.6) is 0 Å². The summed E-state index contributed by atoms with van der Waals surface area (Å²) >= 11 is 5.50. The van der Waals surface area contributed by atoms with Crippen LogP contribution in [0.15, 0.2) is 12.1 Å². The van der Waals surface area contributed by atoms with Crippen LogP contribution in [0, 0.1) is 15.9 Å². The monoisotopic (exact) mass is 262 g/mol. The molecule has 0 fully saturated rings. The summed E-state index contributed by atoms with van der Waals surface area (Å²) in [5.41, 5.74) is -0.211. The number of aliphatic hydroxyl groups is 1. The van der Waals surface area contributed by atoms with Gasteiger partial charge < -0.3 is 10.0 Å². The fourth-order valence-corrected chi connectivity index (χ4v) is 1.47. The highest BCUT2D eigenvalue weighted by molar-refractivity contribution is 6.31. The van der Waals surface area contributed by atoms with Gasteiger partial charge in [0.05, 0.1) is 16.6 Å². The van der Waals surface area contributed by atoms with Crippen LogP contribution in [0.1, 0.15) is 6.92 Å². The Balaban J connectivity index is 3.30. The van der Waals surface area contributed by atoms with Crippen LogP contribution in [0.25, 0.3) is 0 Å². The smallest absolute Gasteiger partial charge is 0.294 e. The third-order valence-electron chi connectivity index (χ3n) is 2.52. The molecule has 1 atom stereocenters. The van der Waals surface area contributed by atoms with Gasteiger partial charge in [0.2, 0.25) is 0 Å². The van der Waals surface area contributed by atoms with Crippen LogP contribution in [0.2, 0.25) is 5.02 Å². The second-order valence-corrected chi connectivity index (χ2v) is 4.06. The molecule has 94 valence electrons. The first-order valence-electron chi connectivity index (χ1n) is 4.85. The van der Waals surface area contributed by atoms with Gasteiger partial charge in [-0.1, -0.05) is 11.6 Å². The highest BCUT2D eigenvalue weighted by Crippen LogP contribution is 2.33. The number of aliphatic hydroxyl groups excluding tert-OH is 1. The average Bonchev–Trinajstić information content (AvgIpc) is 2.29. The Labute approximate surface area is 103 Å². The molecule has 0 aliphatic carbocycles. The predicted molar refractivity (Wildman–Crippen MR) is 63.0 cm³/mol. The Bertz CT molecular complexity index is 442. The number of nitrogens with zero attached hydrogens (tertiary/aromatic N) is 2. The first-order valence-corrected chi connectivity index (χ1v) is 5.23. The van der Waals surface area contributed by atoms with E-state index < -0.39 is 10.7 Å². The Morgan fingerprint density at radius 3 is 2.71 bits per heavy atom. The average molecular weight is 263 g/mol. The van der Waals surface area contributed by atoms with Gasteiger partial charge in [0.15, 0.2) is 0 Å². The number of hydrogen-bond donors (Lipinski definition) is 1. The Morgan fingerprint density at radius 2 is 2.24 bits per heavy atom. The molecule has 0 aliphatic rings. The van der Waals surface area contributed by atoms with Crippen LogP contribution >= 0.6 is 11.6 Å². The lowest BCUT2D eigenvalue weighted by atomic mass is 10.2. The van der Waals surface area contributed by atoms with E-state index in [1.807, 2.05) is 0 Å². The van der Waals surface area contributed by atoms with E-state index in [-0.39, 0.29) is 29.0 Å². The normalized spacial score (nSPS) is 12.3. The van der Waals surface area contributed by atoms with Crippen molar-refractivity contribution in [1.29, 1.82) is 0 Å². The van der Waals surface area contributed by atoms with Crippen molar-refractivity contribution in [2.75, 3.05) is 18.6 Å². The van der Waals surface area contributed by atoms with Crippen LogP contribution in [-0.4, -0.2) is 29.7 Å². The highest BCUT2D eigenvalue weighted by atomic mass is 35.5. The summed E-state index contributed by atoms with van der Waals surface area (Å²) in [6, 6.07) is 1.59. The molecular formula is C10H12ClFN2O3. The first-order chi connectivity index (χ1) is 7.88. The number of nitro groups is 1. The lowest BCUT2D eigenvalue weighted by Crippen LogP contribution is -2.32.